The van der Waals surface area contributed by atoms with E-state index in [0.29, 0.717) is 0 Å². The third kappa shape index (κ3) is 6.38. The molecule has 0 aliphatic rings. The summed E-state index contributed by atoms with van der Waals surface area (Å²) < 4.78 is 0. The Morgan fingerprint density at radius 1 is 1.07 bits per heavy atom. The molecule has 0 saturated carbocycles. The first-order valence-electron chi connectivity index (χ1n) is 5.91. The second kappa shape index (κ2) is 7.24. The molecule has 0 aromatic heterocycles. The third-order valence-electron chi connectivity index (χ3n) is 2.70. The van der Waals surface area contributed by atoms with Crippen LogP contribution < -0.4 is 0 Å². The molecule has 2 heteroatoms. The van der Waals surface area contributed by atoms with Crippen molar-refractivity contribution in [3.63, 3.8) is 0 Å². The summed E-state index contributed by atoms with van der Waals surface area (Å²) in [5.74, 6) is 0. The predicted molar refractivity (Wildman–Crippen MR) is 69.5 cm³/mol. The van der Waals surface area contributed by atoms with Gasteiger partial charge in [0, 0.05) is 0 Å². The Morgan fingerprint density at radius 3 is 1.93 bits per heavy atom. The highest BCUT2D eigenvalue weighted by atomic mass is 28.3. The SMILES string of the molecule is C=C[Si](C)(C)CCN(CCC)CCC. The molecule has 0 atom stereocenters. The fourth-order valence-corrected chi connectivity index (χ4v) is 2.61. The molecule has 84 valence electrons. The summed E-state index contributed by atoms with van der Waals surface area (Å²) in [6, 6.07) is 1.36. The van der Waals surface area contributed by atoms with Crippen molar-refractivity contribution in [3.8, 4) is 0 Å². The second-order valence-electron chi connectivity index (χ2n) is 4.78. The van der Waals surface area contributed by atoms with Gasteiger partial charge in [-0.25, -0.2) is 0 Å². The molecular weight excluding hydrogens is 186 g/mol. The fraction of sp³-hybridized carbons (Fsp3) is 0.833. The van der Waals surface area contributed by atoms with Crippen LogP contribution in [-0.4, -0.2) is 32.6 Å². The van der Waals surface area contributed by atoms with Crippen molar-refractivity contribution in [1.82, 2.24) is 4.90 Å². The van der Waals surface area contributed by atoms with Crippen LogP contribution in [0.1, 0.15) is 26.7 Å². The summed E-state index contributed by atoms with van der Waals surface area (Å²) >= 11 is 0. The largest absolute Gasteiger partial charge is 0.304 e. The van der Waals surface area contributed by atoms with E-state index in [1.165, 1.54) is 38.5 Å². The highest BCUT2D eigenvalue weighted by Crippen LogP contribution is 2.11. The molecule has 0 aromatic rings. The Morgan fingerprint density at radius 2 is 1.57 bits per heavy atom. The first-order valence-corrected chi connectivity index (χ1v) is 9.20. The molecule has 0 unspecified atom stereocenters. The molecule has 0 fully saturated rings. The van der Waals surface area contributed by atoms with E-state index in [-0.39, 0.29) is 0 Å². The molecule has 0 bridgehead atoms. The number of hydrogen-bond donors (Lipinski definition) is 0. The van der Waals surface area contributed by atoms with Crippen LogP contribution >= 0.6 is 0 Å². The van der Waals surface area contributed by atoms with E-state index in [1.54, 1.807) is 0 Å². The Balaban J connectivity index is 3.85. The Kier molecular flexibility index (Phi) is 7.20. The van der Waals surface area contributed by atoms with Crippen LogP contribution in [0.15, 0.2) is 12.3 Å². The lowest BCUT2D eigenvalue weighted by Crippen LogP contribution is -2.33. The molecule has 0 saturated heterocycles. The van der Waals surface area contributed by atoms with Gasteiger partial charge in [0.05, 0.1) is 8.07 Å². The lowest BCUT2D eigenvalue weighted by Gasteiger charge is -2.25. The van der Waals surface area contributed by atoms with Gasteiger partial charge in [-0.3, -0.25) is 0 Å². The molecule has 0 heterocycles. The van der Waals surface area contributed by atoms with Crippen molar-refractivity contribution < 1.29 is 0 Å². The van der Waals surface area contributed by atoms with Gasteiger partial charge in [0.2, 0.25) is 0 Å². The maximum atomic E-state index is 3.95. The van der Waals surface area contributed by atoms with Crippen molar-refractivity contribution in [2.45, 2.75) is 45.8 Å². The lowest BCUT2D eigenvalue weighted by molar-refractivity contribution is 0.288. The van der Waals surface area contributed by atoms with Crippen LogP contribution in [0.25, 0.3) is 0 Å². The van der Waals surface area contributed by atoms with Crippen LogP contribution in [0.3, 0.4) is 0 Å². The first-order chi connectivity index (χ1) is 6.55. The normalized spacial score (nSPS) is 12.1. The zero-order valence-electron chi connectivity index (χ0n) is 10.5. The van der Waals surface area contributed by atoms with Crippen LogP contribution in [0.5, 0.6) is 0 Å². The summed E-state index contributed by atoms with van der Waals surface area (Å²) in [6.07, 6.45) is 2.55. The standard InChI is InChI=1S/C12H27NSi/c1-6-9-13(10-7-2)11-12-14(4,5)8-3/h8H,3,6-7,9-12H2,1-2,4-5H3. The number of hydrogen-bond acceptors (Lipinski definition) is 1. The predicted octanol–water partition coefficient (Wildman–Crippen LogP) is 3.54. The molecule has 0 aliphatic heterocycles. The molecule has 0 radical (unpaired) electrons. The molecule has 0 rings (SSSR count). The van der Waals surface area contributed by atoms with Crippen LogP contribution in [0.4, 0.5) is 0 Å². The summed E-state index contributed by atoms with van der Waals surface area (Å²) in [4.78, 5) is 2.60. The van der Waals surface area contributed by atoms with E-state index < -0.39 is 8.07 Å². The Hall–Kier alpha value is -0.0831. The number of rotatable bonds is 8. The van der Waals surface area contributed by atoms with Crippen molar-refractivity contribution in [1.29, 1.82) is 0 Å². The summed E-state index contributed by atoms with van der Waals surface area (Å²) in [5, 5.41) is 0. The fourth-order valence-electron chi connectivity index (χ4n) is 1.52. The minimum atomic E-state index is -1.08. The van der Waals surface area contributed by atoms with Crippen molar-refractivity contribution in [3.05, 3.63) is 12.3 Å². The molecule has 0 spiro atoms. The van der Waals surface area contributed by atoms with E-state index in [0.717, 1.165) is 0 Å². The van der Waals surface area contributed by atoms with Gasteiger partial charge >= 0.3 is 0 Å². The molecular formula is C12H27NSi. The molecule has 0 aliphatic carbocycles. The summed E-state index contributed by atoms with van der Waals surface area (Å²) in [7, 11) is -1.08. The van der Waals surface area contributed by atoms with Crippen molar-refractivity contribution in [2.75, 3.05) is 19.6 Å². The zero-order valence-corrected chi connectivity index (χ0v) is 11.5. The highest BCUT2D eigenvalue weighted by molar-refractivity contribution is 6.82. The average molecular weight is 213 g/mol. The van der Waals surface area contributed by atoms with E-state index in [1.807, 2.05) is 0 Å². The average Bonchev–Trinajstić information content (AvgIpc) is 2.15. The van der Waals surface area contributed by atoms with Gasteiger partial charge in [-0.15, -0.1) is 12.3 Å². The van der Waals surface area contributed by atoms with Gasteiger partial charge in [0.1, 0.15) is 0 Å². The molecule has 1 nitrogen and oxygen atoms in total. The van der Waals surface area contributed by atoms with Crippen LogP contribution in [-0.2, 0) is 0 Å². The molecule has 0 aromatic carbocycles. The third-order valence-corrected chi connectivity index (χ3v) is 5.32. The zero-order chi connectivity index (χ0) is 11.0. The Labute approximate surface area is 91.2 Å². The number of nitrogens with zero attached hydrogens (tertiary/aromatic N) is 1. The smallest absolute Gasteiger partial charge is 0.0722 e. The molecule has 14 heavy (non-hydrogen) atoms. The summed E-state index contributed by atoms with van der Waals surface area (Å²) in [5.41, 5.74) is 2.21. The topological polar surface area (TPSA) is 3.24 Å². The highest BCUT2D eigenvalue weighted by Gasteiger charge is 2.16. The second-order valence-corrected chi connectivity index (χ2v) is 9.67. The maximum absolute atomic E-state index is 3.95. The Bertz CT molecular complexity index is 148. The minimum Gasteiger partial charge on any atom is -0.304 e. The van der Waals surface area contributed by atoms with Crippen molar-refractivity contribution >= 4 is 8.07 Å². The van der Waals surface area contributed by atoms with Crippen LogP contribution in [0, 0.1) is 0 Å². The van der Waals surface area contributed by atoms with Gasteiger partial charge in [-0.1, -0.05) is 26.9 Å². The first kappa shape index (κ1) is 13.9. The molecule has 0 amide bonds. The lowest BCUT2D eigenvalue weighted by atomic mass is 10.3. The monoisotopic (exact) mass is 213 g/mol. The van der Waals surface area contributed by atoms with Gasteiger partial charge in [0.15, 0.2) is 0 Å². The van der Waals surface area contributed by atoms with E-state index >= 15 is 0 Å². The van der Waals surface area contributed by atoms with Gasteiger partial charge in [0.25, 0.3) is 0 Å². The van der Waals surface area contributed by atoms with Crippen LogP contribution in [0.2, 0.25) is 19.1 Å². The summed E-state index contributed by atoms with van der Waals surface area (Å²) in [6.45, 7) is 17.1. The van der Waals surface area contributed by atoms with E-state index in [2.05, 4.69) is 44.1 Å². The van der Waals surface area contributed by atoms with Gasteiger partial charge in [-0.2, -0.15) is 0 Å². The maximum Gasteiger partial charge on any atom is 0.0722 e. The molecule has 0 N–H and O–H groups in total. The van der Waals surface area contributed by atoms with Gasteiger partial charge < -0.3 is 4.90 Å². The van der Waals surface area contributed by atoms with E-state index in [9.17, 15) is 0 Å². The van der Waals surface area contributed by atoms with E-state index in [4.69, 9.17) is 0 Å². The van der Waals surface area contributed by atoms with Gasteiger partial charge in [-0.05, 0) is 38.5 Å². The van der Waals surface area contributed by atoms with Crippen molar-refractivity contribution in [2.24, 2.45) is 0 Å². The minimum absolute atomic E-state index is 1.08. The quantitative estimate of drug-likeness (QED) is 0.558.